The van der Waals surface area contributed by atoms with E-state index in [1.807, 2.05) is 18.2 Å². The number of rotatable bonds is 6. The smallest absolute Gasteiger partial charge is 0.181 e. The summed E-state index contributed by atoms with van der Waals surface area (Å²) in [4.78, 5) is 7.93. The molecule has 4 nitrogen and oxygen atoms in total. The summed E-state index contributed by atoms with van der Waals surface area (Å²) in [5, 5.41) is 0.650. The van der Waals surface area contributed by atoms with Crippen LogP contribution in [0.25, 0.3) is 11.0 Å². The molecule has 1 fully saturated rings. The summed E-state index contributed by atoms with van der Waals surface area (Å²) in [6.45, 7) is 0. The summed E-state index contributed by atoms with van der Waals surface area (Å²) >= 11 is 0. The van der Waals surface area contributed by atoms with Gasteiger partial charge in [-0.2, -0.15) is 0 Å². The molecule has 1 N–H and O–H groups in total. The molecule has 1 saturated carbocycles. The van der Waals surface area contributed by atoms with Crippen LogP contribution in [-0.4, -0.2) is 23.6 Å². The van der Waals surface area contributed by atoms with Crippen molar-refractivity contribution < 1.29 is 17.2 Å². The molecule has 2 aromatic heterocycles. The second kappa shape index (κ2) is 7.57. The molecule has 0 saturated heterocycles. The second-order valence-corrected chi connectivity index (χ2v) is 10.2. The summed E-state index contributed by atoms with van der Waals surface area (Å²) < 4.78 is 52.9. The number of halogens is 2. The Hall–Kier alpha value is -3.06. The fourth-order valence-electron chi connectivity index (χ4n) is 3.94. The summed E-state index contributed by atoms with van der Waals surface area (Å²) in [5.74, 6) is -1.51. The number of aromatic amines is 1. The molecule has 1 aliphatic rings. The largest absolute Gasteiger partial charge is 0.343 e. The maximum Gasteiger partial charge on any atom is 0.181 e. The number of hydrogen-bond donors (Lipinski definition) is 1. The molecule has 0 spiro atoms. The lowest BCUT2D eigenvalue weighted by Gasteiger charge is -2.18. The van der Waals surface area contributed by atoms with E-state index in [4.69, 9.17) is 0 Å². The van der Waals surface area contributed by atoms with Crippen molar-refractivity contribution in [1.82, 2.24) is 9.97 Å². The quantitative estimate of drug-likeness (QED) is 0.453. The van der Waals surface area contributed by atoms with Gasteiger partial charge in [0.05, 0.1) is 10.1 Å². The van der Waals surface area contributed by atoms with Gasteiger partial charge in [0, 0.05) is 29.3 Å². The van der Waals surface area contributed by atoms with Gasteiger partial charge < -0.3 is 4.98 Å². The molecule has 2 heterocycles. The Morgan fingerprint density at radius 1 is 1.03 bits per heavy atom. The molecule has 5 rings (SSSR count). The van der Waals surface area contributed by atoms with E-state index >= 15 is 0 Å². The number of nitrogens with one attached hydrogen (secondary N) is 1. The first kappa shape index (κ1) is 19.9. The van der Waals surface area contributed by atoms with Crippen LogP contribution >= 0.6 is 0 Å². The zero-order valence-corrected chi connectivity index (χ0v) is 17.4. The minimum absolute atomic E-state index is 0.276. The minimum atomic E-state index is -3.28. The van der Waals surface area contributed by atoms with Crippen molar-refractivity contribution in [3.8, 4) is 0 Å². The Morgan fingerprint density at radius 2 is 1.81 bits per heavy atom. The monoisotopic (exact) mass is 438 g/mol. The van der Waals surface area contributed by atoms with E-state index in [1.54, 1.807) is 30.5 Å². The molecule has 1 unspecified atom stereocenters. The molecule has 0 aliphatic heterocycles. The maximum absolute atomic E-state index is 14.4. The molecule has 0 amide bonds. The van der Waals surface area contributed by atoms with Gasteiger partial charge in [-0.15, -0.1) is 0 Å². The van der Waals surface area contributed by atoms with Gasteiger partial charge in [-0.05, 0) is 66.8 Å². The number of fused-ring (bicyclic) bond motifs is 1. The van der Waals surface area contributed by atoms with Crippen LogP contribution in [0.1, 0.15) is 35.6 Å². The molecular weight excluding hydrogens is 418 g/mol. The van der Waals surface area contributed by atoms with Gasteiger partial charge in [-0.1, -0.05) is 18.2 Å². The minimum Gasteiger partial charge on any atom is -0.343 e. The fourth-order valence-corrected chi connectivity index (χ4v) is 5.60. The maximum atomic E-state index is 14.4. The Bertz CT molecular complexity index is 1330. The van der Waals surface area contributed by atoms with Crippen molar-refractivity contribution in [2.45, 2.75) is 35.3 Å². The van der Waals surface area contributed by atoms with Crippen molar-refractivity contribution in [3.63, 3.8) is 0 Å². The van der Waals surface area contributed by atoms with Crippen molar-refractivity contribution in [1.29, 1.82) is 0 Å². The van der Waals surface area contributed by atoms with Gasteiger partial charge in [0.1, 0.15) is 17.3 Å². The predicted molar refractivity (Wildman–Crippen MR) is 115 cm³/mol. The van der Waals surface area contributed by atoms with Crippen LogP contribution in [0.15, 0.2) is 71.8 Å². The van der Waals surface area contributed by atoms with Crippen LogP contribution in [0, 0.1) is 11.6 Å². The lowest BCUT2D eigenvalue weighted by atomic mass is 9.89. The number of aromatic nitrogens is 2. The fraction of sp³-hybridized carbons (Fsp3) is 0.208. The van der Waals surface area contributed by atoms with Crippen molar-refractivity contribution in [2.75, 3.05) is 0 Å². The van der Waals surface area contributed by atoms with Gasteiger partial charge in [-0.3, -0.25) is 0 Å². The SMILES string of the molecule is O=S(=O)(c1ccc(C(Cc2ccc(F)cc2F)c2cc3cccnc3[nH]2)cc1)C1CC1. The van der Waals surface area contributed by atoms with E-state index in [-0.39, 0.29) is 17.6 Å². The highest BCUT2D eigenvalue weighted by atomic mass is 32.2. The van der Waals surface area contributed by atoms with Gasteiger partial charge >= 0.3 is 0 Å². The Labute approximate surface area is 178 Å². The summed E-state index contributed by atoms with van der Waals surface area (Å²) in [5.41, 5.74) is 2.77. The number of sulfone groups is 1. The third kappa shape index (κ3) is 3.85. The van der Waals surface area contributed by atoms with Gasteiger partial charge in [0.15, 0.2) is 9.84 Å². The zero-order valence-electron chi connectivity index (χ0n) is 16.6. The summed E-state index contributed by atoms with van der Waals surface area (Å²) in [6.07, 6.45) is 3.39. The first-order valence-corrected chi connectivity index (χ1v) is 11.7. The van der Waals surface area contributed by atoms with E-state index in [0.717, 1.165) is 28.4 Å². The third-order valence-electron chi connectivity index (χ3n) is 5.80. The predicted octanol–water partition coefficient (Wildman–Crippen LogP) is 5.15. The van der Waals surface area contributed by atoms with E-state index in [9.17, 15) is 17.2 Å². The van der Waals surface area contributed by atoms with E-state index in [0.29, 0.717) is 23.3 Å². The molecule has 0 bridgehead atoms. The van der Waals surface area contributed by atoms with Gasteiger partial charge in [0.25, 0.3) is 0 Å². The molecule has 1 atom stereocenters. The number of benzene rings is 2. The molecule has 1 aliphatic carbocycles. The highest BCUT2D eigenvalue weighted by Crippen LogP contribution is 2.35. The molecule has 158 valence electrons. The first-order valence-electron chi connectivity index (χ1n) is 10.1. The zero-order chi connectivity index (χ0) is 21.6. The Morgan fingerprint density at radius 3 is 2.48 bits per heavy atom. The van der Waals surface area contributed by atoms with Crippen LogP contribution in [0.4, 0.5) is 8.78 Å². The van der Waals surface area contributed by atoms with Crippen molar-refractivity contribution in [2.24, 2.45) is 0 Å². The van der Waals surface area contributed by atoms with Crippen molar-refractivity contribution in [3.05, 3.63) is 95.3 Å². The molecule has 7 heteroatoms. The van der Waals surface area contributed by atoms with Crippen LogP contribution in [-0.2, 0) is 16.3 Å². The molecule has 31 heavy (non-hydrogen) atoms. The van der Waals surface area contributed by atoms with Crippen LogP contribution in [0.2, 0.25) is 0 Å². The highest BCUT2D eigenvalue weighted by molar-refractivity contribution is 7.92. The Kier molecular flexibility index (Phi) is 4.85. The first-order chi connectivity index (χ1) is 14.9. The lowest BCUT2D eigenvalue weighted by molar-refractivity contribution is 0.567. The second-order valence-electron chi connectivity index (χ2n) is 7.97. The van der Waals surface area contributed by atoms with E-state index < -0.39 is 21.5 Å². The number of nitrogens with zero attached hydrogens (tertiary/aromatic N) is 1. The number of pyridine rings is 1. The van der Waals surface area contributed by atoms with E-state index in [2.05, 4.69) is 9.97 Å². The highest BCUT2D eigenvalue weighted by Gasteiger charge is 2.36. The Balaban J connectivity index is 1.56. The average Bonchev–Trinajstić information content (AvgIpc) is 3.53. The number of hydrogen-bond acceptors (Lipinski definition) is 3. The standard InChI is InChI=1S/C24H20F2N2O2S/c25-18-6-3-16(22(26)14-18)12-21(23-13-17-2-1-11-27-24(17)28-23)15-4-7-19(8-5-15)31(29,30)20-9-10-20/h1-8,11,13-14,20-21H,9-10,12H2,(H,27,28). The van der Waals surface area contributed by atoms with Crippen LogP contribution in [0.5, 0.6) is 0 Å². The molecule has 2 aromatic carbocycles. The summed E-state index contributed by atoms with van der Waals surface area (Å²) in [6, 6.07) is 16.1. The van der Waals surface area contributed by atoms with Crippen LogP contribution < -0.4 is 0 Å². The van der Waals surface area contributed by atoms with Crippen LogP contribution in [0.3, 0.4) is 0 Å². The average molecular weight is 438 g/mol. The van der Waals surface area contributed by atoms with E-state index in [1.165, 1.54) is 12.1 Å². The van der Waals surface area contributed by atoms with Gasteiger partial charge in [0.2, 0.25) is 0 Å². The topological polar surface area (TPSA) is 62.8 Å². The molecular formula is C24H20F2N2O2S. The normalized spacial score (nSPS) is 15.3. The third-order valence-corrected chi connectivity index (χ3v) is 8.08. The van der Waals surface area contributed by atoms with Crippen molar-refractivity contribution >= 4 is 20.9 Å². The summed E-state index contributed by atoms with van der Waals surface area (Å²) in [7, 11) is -3.28. The molecule has 4 aromatic rings. The van der Waals surface area contributed by atoms with Gasteiger partial charge in [-0.25, -0.2) is 22.2 Å². The molecule has 0 radical (unpaired) electrons. The number of H-pyrrole nitrogens is 1. The lowest BCUT2D eigenvalue weighted by Crippen LogP contribution is -2.10.